The zero-order valence-corrected chi connectivity index (χ0v) is 12.1. The van der Waals surface area contributed by atoms with E-state index in [2.05, 4.69) is 5.32 Å². The maximum Gasteiger partial charge on any atom is 0.328 e. The molecule has 0 aliphatic rings. The molecule has 1 amide bonds. The molecule has 0 spiro atoms. The number of phenolic OH excluding ortho intramolecular Hbond substituents is 1. The number of ether oxygens (including phenoxy) is 1. The molecule has 9 heteroatoms. The van der Waals surface area contributed by atoms with Crippen molar-refractivity contribution in [2.75, 3.05) is 11.9 Å². The Morgan fingerprint density at radius 1 is 1.43 bits per heavy atom. The lowest BCUT2D eigenvalue weighted by Crippen LogP contribution is -2.34. The Kier molecular flexibility index (Phi) is 4.79. The molecule has 0 bridgehead atoms. The van der Waals surface area contributed by atoms with E-state index in [4.69, 9.17) is 4.74 Å². The van der Waals surface area contributed by atoms with E-state index in [-0.39, 0.29) is 11.4 Å². The molecule has 0 saturated carbocycles. The van der Waals surface area contributed by atoms with Crippen molar-refractivity contribution in [3.8, 4) is 11.5 Å². The van der Waals surface area contributed by atoms with Crippen molar-refractivity contribution < 1.29 is 19.0 Å². The topological polar surface area (TPSA) is 113 Å². The Morgan fingerprint density at radius 3 is 2.83 bits per heavy atom. The van der Waals surface area contributed by atoms with Crippen LogP contribution in [-0.4, -0.2) is 27.2 Å². The Morgan fingerprint density at radius 2 is 2.17 bits per heavy atom. The quantitative estimate of drug-likeness (QED) is 0.690. The molecule has 0 atom stereocenters. The lowest BCUT2D eigenvalue weighted by atomic mass is 10.2. The van der Waals surface area contributed by atoms with E-state index in [1.807, 2.05) is 0 Å². The van der Waals surface area contributed by atoms with Crippen molar-refractivity contribution in [3.63, 3.8) is 0 Å². The number of hydrogen-bond donors (Lipinski definition) is 3. The van der Waals surface area contributed by atoms with E-state index in [0.29, 0.717) is 23.1 Å². The summed E-state index contributed by atoms with van der Waals surface area (Å²) in [7, 11) is 0. The third-order valence-corrected chi connectivity index (χ3v) is 2.84. The summed E-state index contributed by atoms with van der Waals surface area (Å²) in [5.74, 6) is -1.65. The fourth-order valence-corrected chi connectivity index (χ4v) is 1.82. The SMILES string of the molecule is CCOc1ccc(NC(=O)Cn2cc(F)c(=O)[nH]c2=O)c(O)c1. The molecule has 1 heterocycles. The third kappa shape index (κ3) is 3.96. The number of carbonyl (C=O) groups is 1. The molecule has 0 aliphatic heterocycles. The van der Waals surface area contributed by atoms with Crippen molar-refractivity contribution in [1.29, 1.82) is 0 Å². The summed E-state index contributed by atoms with van der Waals surface area (Å²) >= 11 is 0. The van der Waals surface area contributed by atoms with Crippen molar-refractivity contribution in [2.45, 2.75) is 13.5 Å². The summed E-state index contributed by atoms with van der Waals surface area (Å²) in [5, 5.41) is 12.2. The highest BCUT2D eigenvalue weighted by molar-refractivity contribution is 5.92. The van der Waals surface area contributed by atoms with Gasteiger partial charge in [0.05, 0.1) is 18.5 Å². The van der Waals surface area contributed by atoms with Crippen LogP contribution in [0.3, 0.4) is 0 Å². The van der Waals surface area contributed by atoms with Gasteiger partial charge in [0, 0.05) is 6.07 Å². The number of aromatic nitrogens is 2. The summed E-state index contributed by atoms with van der Waals surface area (Å²) in [6, 6.07) is 4.30. The predicted octanol–water partition coefficient (Wildman–Crippen LogP) is 0.419. The van der Waals surface area contributed by atoms with Gasteiger partial charge >= 0.3 is 5.69 Å². The molecule has 122 valence electrons. The molecular formula is C14H14FN3O5. The fourth-order valence-electron chi connectivity index (χ4n) is 1.82. The maximum absolute atomic E-state index is 13.1. The van der Waals surface area contributed by atoms with Gasteiger partial charge in [-0.05, 0) is 19.1 Å². The lowest BCUT2D eigenvalue weighted by Gasteiger charge is -2.10. The van der Waals surface area contributed by atoms with Crippen molar-refractivity contribution >= 4 is 11.6 Å². The third-order valence-electron chi connectivity index (χ3n) is 2.84. The molecule has 0 aliphatic carbocycles. The molecule has 8 nitrogen and oxygen atoms in total. The van der Waals surface area contributed by atoms with Gasteiger partial charge in [-0.2, -0.15) is 4.39 Å². The number of amides is 1. The number of anilines is 1. The lowest BCUT2D eigenvalue weighted by molar-refractivity contribution is -0.116. The molecule has 2 rings (SSSR count). The van der Waals surface area contributed by atoms with E-state index in [9.17, 15) is 23.9 Å². The Hall–Kier alpha value is -3.10. The minimum absolute atomic E-state index is 0.108. The van der Waals surface area contributed by atoms with Gasteiger partial charge in [0.15, 0.2) is 0 Å². The van der Waals surface area contributed by atoms with Gasteiger partial charge < -0.3 is 15.2 Å². The number of carbonyl (C=O) groups excluding carboxylic acids is 1. The summed E-state index contributed by atoms with van der Waals surface area (Å²) in [6.07, 6.45) is 0.638. The molecule has 3 N–H and O–H groups in total. The van der Waals surface area contributed by atoms with E-state index in [1.54, 1.807) is 18.0 Å². The second-order valence-electron chi connectivity index (χ2n) is 4.52. The van der Waals surface area contributed by atoms with Gasteiger partial charge in [-0.1, -0.05) is 0 Å². The smallest absolute Gasteiger partial charge is 0.328 e. The molecule has 0 fully saturated rings. The van der Waals surface area contributed by atoms with Crippen LogP contribution < -0.4 is 21.3 Å². The van der Waals surface area contributed by atoms with Gasteiger partial charge in [0.25, 0.3) is 5.56 Å². The Balaban J connectivity index is 2.12. The fraction of sp³-hybridized carbons (Fsp3) is 0.214. The monoisotopic (exact) mass is 323 g/mol. The van der Waals surface area contributed by atoms with Gasteiger partial charge in [-0.3, -0.25) is 19.1 Å². The van der Waals surface area contributed by atoms with Crippen LogP contribution in [0, 0.1) is 5.82 Å². The first-order valence-corrected chi connectivity index (χ1v) is 6.65. The van der Waals surface area contributed by atoms with Crippen LogP contribution in [-0.2, 0) is 11.3 Å². The number of hydrogen-bond acceptors (Lipinski definition) is 5. The highest BCUT2D eigenvalue weighted by atomic mass is 19.1. The average molecular weight is 323 g/mol. The van der Waals surface area contributed by atoms with Gasteiger partial charge in [-0.25, -0.2) is 4.79 Å². The van der Waals surface area contributed by atoms with Crippen molar-refractivity contribution in [1.82, 2.24) is 9.55 Å². The summed E-state index contributed by atoms with van der Waals surface area (Å²) in [5.41, 5.74) is -1.96. The van der Waals surface area contributed by atoms with E-state index in [1.165, 1.54) is 12.1 Å². The van der Waals surface area contributed by atoms with Crippen LogP contribution >= 0.6 is 0 Å². The number of benzene rings is 1. The van der Waals surface area contributed by atoms with Gasteiger partial charge in [0.1, 0.15) is 18.0 Å². The van der Waals surface area contributed by atoms with Gasteiger partial charge in [0.2, 0.25) is 11.7 Å². The molecule has 23 heavy (non-hydrogen) atoms. The second kappa shape index (κ2) is 6.77. The average Bonchev–Trinajstić information content (AvgIpc) is 2.48. The summed E-state index contributed by atoms with van der Waals surface area (Å²) in [6.45, 7) is 1.68. The van der Waals surface area contributed by atoms with Crippen LogP contribution in [0.25, 0.3) is 0 Å². The highest BCUT2D eigenvalue weighted by Gasteiger charge is 2.11. The zero-order chi connectivity index (χ0) is 17.0. The minimum atomic E-state index is -1.18. The maximum atomic E-state index is 13.1. The largest absolute Gasteiger partial charge is 0.506 e. The first kappa shape index (κ1) is 16.3. The predicted molar refractivity (Wildman–Crippen MR) is 79.2 cm³/mol. The molecule has 0 unspecified atom stereocenters. The normalized spacial score (nSPS) is 10.3. The second-order valence-corrected chi connectivity index (χ2v) is 4.52. The summed E-state index contributed by atoms with van der Waals surface area (Å²) < 4.78 is 19.0. The van der Waals surface area contributed by atoms with Crippen LogP contribution in [0.2, 0.25) is 0 Å². The number of phenols is 1. The Labute approximate surface area is 129 Å². The minimum Gasteiger partial charge on any atom is -0.506 e. The number of aromatic amines is 1. The summed E-state index contributed by atoms with van der Waals surface area (Å²) in [4.78, 5) is 36.0. The molecule has 1 aromatic heterocycles. The zero-order valence-electron chi connectivity index (χ0n) is 12.1. The van der Waals surface area contributed by atoms with Crippen molar-refractivity contribution in [3.05, 3.63) is 51.1 Å². The highest BCUT2D eigenvalue weighted by Crippen LogP contribution is 2.27. The van der Waals surface area contributed by atoms with Crippen LogP contribution in [0.5, 0.6) is 11.5 Å². The van der Waals surface area contributed by atoms with Crippen LogP contribution in [0.15, 0.2) is 34.0 Å². The van der Waals surface area contributed by atoms with Crippen molar-refractivity contribution in [2.24, 2.45) is 0 Å². The number of nitrogens with one attached hydrogen (secondary N) is 2. The molecule has 0 saturated heterocycles. The number of nitrogens with zero attached hydrogens (tertiary/aromatic N) is 1. The van der Waals surface area contributed by atoms with E-state index in [0.717, 1.165) is 0 Å². The number of H-pyrrole nitrogens is 1. The van der Waals surface area contributed by atoms with Gasteiger partial charge in [-0.15, -0.1) is 0 Å². The molecule has 2 aromatic rings. The molecule has 1 aromatic carbocycles. The van der Waals surface area contributed by atoms with E-state index >= 15 is 0 Å². The first-order chi connectivity index (χ1) is 10.9. The molecular weight excluding hydrogens is 309 g/mol. The first-order valence-electron chi connectivity index (χ1n) is 6.65. The van der Waals surface area contributed by atoms with Crippen LogP contribution in [0.4, 0.5) is 10.1 Å². The number of aromatic hydroxyl groups is 1. The molecule has 0 radical (unpaired) electrons. The number of rotatable bonds is 5. The van der Waals surface area contributed by atoms with Crippen LogP contribution in [0.1, 0.15) is 6.92 Å². The Bertz CT molecular complexity index is 843. The standard InChI is InChI=1S/C14H14FN3O5/c1-2-23-8-3-4-10(11(19)5-8)16-12(20)7-18-6-9(15)13(21)17-14(18)22/h3-6,19H,2,7H2,1H3,(H,16,20)(H,17,21,22). The van der Waals surface area contributed by atoms with E-state index < -0.39 is 29.5 Å². The number of halogens is 1.